The van der Waals surface area contributed by atoms with E-state index in [1.54, 1.807) is 0 Å². The largest absolute Gasteiger partial charge is 0.456 e. The molecular weight excluding hydrogens is 379 g/mol. The van der Waals surface area contributed by atoms with Crippen LogP contribution in [0.1, 0.15) is 65.2 Å². The molecule has 3 saturated carbocycles. The summed E-state index contributed by atoms with van der Waals surface area (Å²) in [5.74, 6) is -4.23. The second-order valence-electron chi connectivity index (χ2n) is 10.1. The van der Waals surface area contributed by atoms with Crippen LogP contribution in [0.3, 0.4) is 0 Å². The minimum absolute atomic E-state index is 0.114. The van der Waals surface area contributed by atoms with E-state index in [1.807, 2.05) is 6.92 Å². The number of rotatable bonds is 1. The summed E-state index contributed by atoms with van der Waals surface area (Å²) in [4.78, 5) is 0. The van der Waals surface area contributed by atoms with Crippen LogP contribution in [0.25, 0.3) is 0 Å². The molecule has 2 N–H and O–H groups in total. The van der Waals surface area contributed by atoms with E-state index in [0.717, 1.165) is 38.2 Å². The zero-order valence-electron chi connectivity index (χ0n) is 16.3. The molecule has 3 fully saturated rings. The maximum atomic E-state index is 14.0. The Bertz CT molecular complexity index is 689. The summed E-state index contributed by atoms with van der Waals surface area (Å²) in [6, 6.07) is 0. The molecule has 0 spiro atoms. The zero-order valence-corrected chi connectivity index (χ0v) is 16.3. The maximum absolute atomic E-state index is 14.0. The first-order chi connectivity index (χ1) is 12.8. The van der Waals surface area contributed by atoms with Gasteiger partial charge >= 0.3 is 12.1 Å². The number of allylic oxidation sites excluding steroid dienone is 1. The Kier molecular flexibility index (Phi) is 4.36. The predicted molar refractivity (Wildman–Crippen MR) is 93.7 cm³/mol. The Morgan fingerprint density at radius 2 is 1.61 bits per heavy atom. The van der Waals surface area contributed by atoms with E-state index >= 15 is 0 Å². The minimum atomic E-state index is -5.78. The van der Waals surface area contributed by atoms with Crippen molar-refractivity contribution in [2.75, 3.05) is 0 Å². The molecule has 0 bridgehead atoms. The minimum Gasteiger partial charge on any atom is -0.393 e. The van der Waals surface area contributed by atoms with Crippen LogP contribution in [0.15, 0.2) is 11.6 Å². The Morgan fingerprint density at radius 3 is 2.25 bits per heavy atom. The fourth-order valence-electron chi connectivity index (χ4n) is 7.19. The Balaban J connectivity index is 1.67. The molecule has 4 rings (SSSR count). The van der Waals surface area contributed by atoms with Crippen molar-refractivity contribution in [3.8, 4) is 0 Å². The summed E-state index contributed by atoms with van der Waals surface area (Å²) in [5, 5.41) is 20.8. The van der Waals surface area contributed by atoms with Crippen LogP contribution in [0.5, 0.6) is 0 Å². The van der Waals surface area contributed by atoms with Crippen molar-refractivity contribution in [3.63, 3.8) is 0 Å². The van der Waals surface area contributed by atoms with Gasteiger partial charge < -0.3 is 10.2 Å². The van der Waals surface area contributed by atoms with Gasteiger partial charge in [0.15, 0.2) is 5.60 Å². The van der Waals surface area contributed by atoms with Crippen molar-refractivity contribution in [2.45, 2.75) is 89.0 Å². The Hall–Kier alpha value is -0.690. The van der Waals surface area contributed by atoms with Gasteiger partial charge in [-0.2, -0.15) is 22.0 Å². The van der Waals surface area contributed by atoms with Crippen molar-refractivity contribution < 1.29 is 32.2 Å². The van der Waals surface area contributed by atoms with Crippen molar-refractivity contribution in [1.29, 1.82) is 0 Å². The molecule has 0 heterocycles. The molecule has 0 aromatic carbocycles. The number of aliphatic hydroxyl groups excluding tert-OH is 1. The molecule has 0 aromatic heterocycles. The molecule has 2 nitrogen and oxygen atoms in total. The van der Waals surface area contributed by atoms with Crippen LogP contribution < -0.4 is 0 Å². The number of aliphatic hydroxyl groups is 2. The summed E-state index contributed by atoms with van der Waals surface area (Å²) < 4.78 is 66.8. The van der Waals surface area contributed by atoms with Crippen molar-refractivity contribution >= 4 is 0 Å². The molecule has 4 aliphatic carbocycles. The molecule has 0 amide bonds. The van der Waals surface area contributed by atoms with E-state index in [2.05, 4.69) is 6.92 Å². The topological polar surface area (TPSA) is 40.5 Å². The van der Waals surface area contributed by atoms with Crippen molar-refractivity contribution in [3.05, 3.63) is 11.6 Å². The molecule has 0 saturated heterocycles. The van der Waals surface area contributed by atoms with E-state index in [9.17, 15) is 32.2 Å². The lowest BCUT2D eigenvalue weighted by molar-refractivity contribution is -0.334. The summed E-state index contributed by atoms with van der Waals surface area (Å²) >= 11 is 0. The smallest absolute Gasteiger partial charge is 0.393 e. The highest BCUT2D eigenvalue weighted by atomic mass is 19.4. The lowest BCUT2D eigenvalue weighted by atomic mass is 9.46. The molecule has 28 heavy (non-hydrogen) atoms. The molecule has 0 aliphatic heterocycles. The van der Waals surface area contributed by atoms with Gasteiger partial charge in [0.05, 0.1) is 6.10 Å². The fourth-order valence-corrected chi connectivity index (χ4v) is 7.19. The predicted octanol–water partition coefficient (Wildman–Crippen LogP) is 5.24. The Labute approximate surface area is 162 Å². The van der Waals surface area contributed by atoms with Crippen LogP contribution in [-0.2, 0) is 0 Å². The molecule has 7 heteroatoms. The van der Waals surface area contributed by atoms with Gasteiger partial charge in [-0.05, 0) is 86.0 Å². The fraction of sp³-hybridized carbons (Fsp3) is 0.905. The first kappa shape index (κ1) is 20.6. The lowest BCUT2D eigenvalue weighted by Crippen LogP contribution is -2.59. The third kappa shape index (κ3) is 2.50. The highest BCUT2D eigenvalue weighted by Crippen LogP contribution is 2.66. The van der Waals surface area contributed by atoms with E-state index < -0.39 is 29.5 Å². The number of fused-ring (bicyclic) bond motifs is 5. The van der Waals surface area contributed by atoms with Crippen molar-refractivity contribution in [2.24, 2.45) is 28.6 Å². The average Bonchev–Trinajstić information content (AvgIpc) is 2.90. The van der Waals surface area contributed by atoms with Gasteiger partial charge in [-0.25, -0.2) is 0 Å². The summed E-state index contributed by atoms with van der Waals surface area (Å²) in [5.41, 5.74) is -3.17. The van der Waals surface area contributed by atoms with Gasteiger partial charge in [0.1, 0.15) is 0 Å². The van der Waals surface area contributed by atoms with Gasteiger partial charge in [-0.15, -0.1) is 0 Å². The standard InChI is InChI=1S/C21H29F5O2/c1-17-9-10-19(28,20(22,23)21(24,25)26)11-12(17)3-4-13-14-5-6-16(27)18(14,2)8-7-15(13)17/h11,13-16,27-28H,3-10H2,1-2H3/t13-,14-,15+,16?,17-,18-,19?/m0/s1. The highest BCUT2D eigenvalue weighted by Gasteiger charge is 2.71. The zero-order chi connectivity index (χ0) is 20.8. The third-order valence-corrected chi connectivity index (χ3v) is 9.02. The molecule has 7 atom stereocenters. The second kappa shape index (κ2) is 5.93. The molecule has 4 aliphatic rings. The summed E-state index contributed by atoms with van der Waals surface area (Å²) in [6.07, 6.45) is -1.10. The number of alkyl halides is 5. The second-order valence-corrected chi connectivity index (χ2v) is 10.1. The van der Waals surface area contributed by atoms with E-state index in [-0.39, 0.29) is 23.9 Å². The van der Waals surface area contributed by atoms with E-state index in [0.29, 0.717) is 23.8 Å². The van der Waals surface area contributed by atoms with Gasteiger partial charge in [-0.1, -0.05) is 19.4 Å². The normalized spacial score (nSPS) is 49.1. The van der Waals surface area contributed by atoms with Gasteiger partial charge in [-0.3, -0.25) is 0 Å². The van der Waals surface area contributed by atoms with Gasteiger partial charge in [0.25, 0.3) is 0 Å². The van der Waals surface area contributed by atoms with E-state index in [1.165, 1.54) is 0 Å². The van der Waals surface area contributed by atoms with E-state index in [4.69, 9.17) is 0 Å². The Morgan fingerprint density at radius 1 is 0.929 bits per heavy atom. The quantitative estimate of drug-likeness (QED) is 0.460. The number of hydrogen-bond acceptors (Lipinski definition) is 2. The molecule has 0 aromatic rings. The molecule has 160 valence electrons. The first-order valence-electron chi connectivity index (χ1n) is 10.3. The average molecular weight is 408 g/mol. The maximum Gasteiger partial charge on any atom is 0.456 e. The highest BCUT2D eigenvalue weighted by molar-refractivity contribution is 5.30. The van der Waals surface area contributed by atoms with Crippen LogP contribution in [0.2, 0.25) is 0 Å². The summed E-state index contributed by atoms with van der Waals surface area (Å²) in [6.45, 7) is 4.12. The molecule has 2 unspecified atom stereocenters. The monoisotopic (exact) mass is 408 g/mol. The van der Waals surface area contributed by atoms with Crippen LogP contribution in [0.4, 0.5) is 22.0 Å². The number of hydrogen-bond donors (Lipinski definition) is 2. The van der Waals surface area contributed by atoms with Gasteiger partial charge in [0, 0.05) is 0 Å². The van der Waals surface area contributed by atoms with Crippen LogP contribution in [-0.4, -0.2) is 34.0 Å². The van der Waals surface area contributed by atoms with Crippen molar-refractivity contribution in [1.82, 2.24) is 0 Å². The SMILES string of the molecule is C[C@]12CCC(O)(C(F)(F)C(F)(F)F)C=C1CC[C@@H]1[C@H]2CC[C@]2(C)C(O)CC[C@@H]12. The van der Waals surface area contributed by atoms with Gasteiger partial charge in [0.2, 0.25) is 0 Å². The van der Waals surface area contributed by atoms with Crippen LogP contribution in [0, 0.1) is 28.6 Å². The lowest BCUT2D eigenvalue weighted by Gasteiger charge is -2.59. The van der Waals surface area contributed by atoms with Crippen LogP contribution >= 0.6 is 0 Å². The summed E-state index contributed by atoms with van der Waals surface area (Å²) in [7, 11) is 0. The molecule has 0 radical (unpaired) electrons. The first-order valence-corrected chi connectivity index (χ1v) is 10.3. The third-order valence-electron chi connectivity index (χ3n) is 9.02. The molecular formula is C21H29F5O2. The number of halogens is 5.